The second kappa shape index (κ2) is 6.14. The molecule has 0 spiro atoms. The first-order chi connectivity index (χ1) is 7.06. The van der Waals surface area contributed by atoms with Gasteiger partial charge in [0.05, 0.1) is 5.70 Å². The normalized spacial score (nSPS) is 11.7. The van der Waals surface area contributed by atoms with Crippen molar-refractivity contribution in [3.63, 3.8) is 0 Å². The number of ether oxygens (including phenoxy) is 1. The van der Waals surface area contributed by atoms with E-state index >= 15 is 0 Å². The Labute approximate surface area is 87.3 Å². The molecule has 0 unspecified atom stereocenters. The number of carbonyl (C=O) groups is 1. The Hall–Kier alpha value is -2.37. The molecule has 0 saturated carbocycles. The summed E-state index contributed by atoms with van der Waals surface area (Å²) in [7, 11) is 0. The van der Waals surface area contributed by atoms with Gasteiger partial charge >= 0.3 is 5.97 Å². The van der Waals surface area contributed by atoms with Crippen molar-refractivity contribution in [2.45, 2.75) is 0 Å². The maximum absolute atomic E-state index is 11.1. The maximum Gasteiger partial charge on any atom is 0.361 e. The molecule has 0 aliphatic heterocycles. The van der Waals surface area contributed by atoms with Gasteiger partial charge in [0.15, 0.2) is 0 Å². The van der Waals surface area contributed by atoms with Crippen LogP contribution in [0.15, 0.2) is 46.1 Å². The minimum atomic E-state index is -0.754. The molecule has 80 valence electrons. The first-order valence-electron chi connectivity index (χ1n) is 3.78. The molecule has 0 saturated heterocycles. The van der Waals surface area contributed by atoms with Crippen LogP contribution in [0.5, 0.6) is 0 Å². The molecule has 0 aromatic carbocycles. The van der Waals surface area contributed by atoms with Crippen LogP contribution >= 0.6 is 0 Å². The zero-order chi connectivity index (χ0) is 11.8. The SMILES string of the molecule is C=NC(=C)C(=O)O/C=C(N=C)/C(N)=C/N. The third-order valence-electron chi connectivity index (χ3n) is 1.35. The van der Waals surface area contributed by atoms with E-state index in [1.54, 1.807) is 0 Å². The lowest BCUT2D eigenvalue weighted by Gasteiger charge is -2.01. The van der Waals surface area contributed by atoms with Crippen molar-refractivity contribution in [1.29, 1.82) is 0 Å². The number of carbonyl (C=O) groups excluding carboxylic acids is 1. The average Bonchev–Trinajstić information content (AvgIpc) is 2.27. The van der Waals surface area contributed by atoms with Gasteiger partial charge in [-0.05, 0) is 13.4 Å². The van der Waals surface area contributed by atoms with Crippen molar-refractivity contribution in [1.82, 2.24) is 0 Å². The molecule has 0 fully saturated rings. The second-order valence-electron chi connectivity index (χ2n) is 2.29. The van der Waals surface area contributed by atoms with Crippen LogP contribution in [0.2, 0.25) is 0 Å². The standard InChI is InChI=1S/C9H12N4O2/c1-6(12-2)9(14)15-5-8(13-3)7(11)4-10/h4-5H,1-3,10-11H2/b7-4-,8-5-. The van der Waals surface area contributed by atoms with E-state index in [1.165, 1.54) is 0 Å². The largest absolute Gasteiger partial charge is 0.427 e. The van der Waals surface area contributed by atoms with Gasteiger partial charge in [-0.1, -0.05) is 6.58 Å². The molecule has 0 aromatic heterocycles. The summed E-state index contributed by atoms with van der Waals surface area (Å²) in [4.78, 5) is 17.8. The van der Waals surface area contributed by atoms with Crippen molar-refractivity contribution in [2.24, 2.45) is 21.5 Å². The summed E-state index contributed by atoms with van der Waals surface area (Å²) in [5, 5.41) is 0. The highest BCUT2D eigenvalue weighted by molar-refractivity contribution is 5.88. The number of hydrogen-bond donors (Lipinski definition) is 2. The van der Waals surface area contributed by atoms with E-state index in [2.05, 4.69) is 34.7 Å². The zero-order valence-corrected chi connectivity index (χ0v) is 8.14. The summed E-state index contributed by atoms with van der Waals surface area (Å²) >= 11 is 0. The van der Waals surface area contributed by atoms with Gasteiger partial charge in [0.2, 0.25) is 0 Å². The fourth-order valence-electron chi connectivity index (χ4n) is 0.524. The highest BCUT2D eigenvalue weighted by Crippen LogP contribution is 2.05. The molecule has 0 aliphatic rings. The van der Waals surface area contributed by atoms with Gasteiger partial charge in [0.1, 0.15) is 17.7 Å². The van der Waals surface area contributed by atoms with Crippen LogP contribution < -0.4 is 11.5 Å². The minimum Gasteiger partial charge on any atom is -0.427 e. The Balaban J connectivity index is 4.63. The summed E-state index contributed by atoms with van der Waals surface area (Å²) in [6.45, 7) is 9.64. The molecular formula is C9H12N4O2. The topological polar surface area (TPSA) is 103 Å². The molecule has 6 nitrogen and oxygen atoms in total. The van der Waals surface area contributed by atoms with Crippen LogP contribution in [0.25, 0.3) is 0 Å². The Morgan fingerprint density at radius 1 is 1.33 bits per heavy atom. The Kier molecular flexibility index (Phi) is 5.17. The van der Waals surface area contributed by atoms with Gasteiger partial charge in [0.25, 0.3) is 0 Å². The van der Waals surface area contributed by atoms with Crippen molar-refractivity contribution in [3.05, 3.63) is 36.1 Å². The number of esters is 1. The van der Waals surface area contributed by atoms with E-state index in [9.17, 15) is 4.79 Å². The van der Waals surface area contributed by atoms with Crippen LogP contribution in [-0.4, -0.2) is 19.4 Å². The summed E-state index contributed by atoms with van der Waals surface area (Å²) < 4.78 is 4.63. The molecule has 6 heteroatoms. The van der Waals surface area contributed by atoms with Crippen molar-refractivity contribution >= 4 is 19.4 Å². The number of rotatable bonds is 5. The number of nitrogens with two attached hydrogens (primary N) is 2. The maximum atomic E-state index is 11.1. The quantitative estimate of drug-likeness (QED) is 0.219. The first kappa shape index (κ1) is 12.6. The zero-order valence-electron chi connectivity index (χ0n) is 8.14. The lowest BCUT2D eigenvalue weighted by molar-refractivity contribution is -0.133. The summed E-state index contributed by atoms with van der Waals surface area (Å²) in [5.41, 5.74) is 10.7. The number of aliphatic imine (C=N–C) groups is 2. The van der Waals surface area contributed by atoms with E-state index in [-0.39, 0.29) is 17.1 Å². The molecule has 15 heavy (non-hydrogen) atoms. The predicted octanol–water partition coefficient (Wildman–Crippen LogP) is 0.0447. The molecule has 0 atom stereocenters. The van der Waals surface area contributed by atoms with Crippen molar-refractivity contribution in [3.8, 4) is 0 Å². The van der Waals surface area contributed by atoms with Crippen molar-refractivity contribution < 1.29 is 9.53 Å². The first-order valence-corrected chi connectivity index (χ1v) is 3.78. The molecule has 0 bridgehead atoms. The molecule has 0 radical (unpaired) electrons. The fourth-order valence-corrected chi connectivity index (χ4v) is 0.524. The van der Waals surface area contributed by atoms with Crippen LogP contribution in [0, 0.1) is 0 Å². The summed E-state index contributed by atoms with van der Waals surface area (Å²) in [6.07, 6.45) is 2.11. The lowest BCUT2D eigenvalue weighted by atomic mass is 10.4. The van der Waals surface area contributed by atoms with E-state index in [1.807, 2.05) is 0 Å². The van der Waals surface area contributed by atoms with E-state index in [0.29, 0.717) is 0 Å². The van der Waals surface area contributed by atoms with Crippen molar-refractivity contribution in [2.75, 3.05) is 0 Å². The molecule has 0 aliphatic carbocycles. The van der Waals surface area contributed by atoms with Crippen LogP contribution in [0.4, 0.5) is 0 Å². The van der Waals surface area contributed by atoms with Gasteiger partial charge in [-0.3, -0.25) is 9.98 Å². The molecule has 0 amide bonds. The highest BCUT2D eigenvalue weighted by Gasteiger charge is 2.05. The summed E-state index contributed by atoms with van der Waals surface area (Å²) in [6, 6.07) is 0. The Bertz CT molecular complexity index is 355. The minimum absolute atomic E-state index is 0.120. The van der Waals surface area contributed by atoms with E-state index in [4.69, 9.17) is 11.5 Å². The molecular weight excluding hydrogens is 196 g/mol. The Morgan fingerprint density at radius 3 is 2.33 bits per heavy atom. The third kappa shape index (κ3) is 3.90. The smallest absolute Gasteiger partial charge is 0.361 e. The van der Waals surface area contributed by atoms with E-state index in [0.717, 1.165) is 12.5 Å². The number of nitrogens with zero attached hydrogens (tertiary/aromatic N) is 2. The van der Waals surface area contributed by atoms with Crippen LogP contribution in [-0.2, 0) is 9.53 Å². The molecule has 0 aromatic rings. The van der Waals surface area contributed by atoms with Gasteiger partial charge in [-0.15, -0.1) is 0 Å². The molecule has 0 heterocycles. The third-order valence-corrected chi connectivity index (χ3v) is 1.35. The van der Waals surface area contributed by atoms with Gasteiger partial charge in [-0.25, -0.2) is 4.79 Å². The predicted molar refractivity (Wildman–Crippen MR) is 58.9 cm³/mol. The van der Waals surface area contributed by atoms with Gasteiger partial charge < -0.3 is 16.2 Å². The monoisotopic (exact) mass is 208 g/mol. The lowest BCUT2D eigenvalue weighted by Crippen LogP contribution is -2.06. The van der Waals surface area contributed by atoms with Crippen LogP contribution in [0.3, 0.4) is 0 Å². The van der Waals surface area contributed by atoms with Gasteiger partial charge in [-0.2, -0.15) is 0 Å². The molecule has 0 rings (SSSR count). The summed E-state index contributed by atoms with van der Waals surface area (Å²) in [5.74, 6) is -0.754. The Morgan fingerprint density at radius 2 is 1.93 bits per heavy atom. The van der Waals surface area contributed by atoms with E-state index < -0.39 is 5.97 Å². The average molecular weight is 208 g/mol. The molecule has 4 N–H and O–H groups in total. The fraction of sp³-hybridized carbons (Fsp3) is 0. The van der Waals surface area contributed by atoms with Gasteiger partial charge in [0, 0.05) is 6.20 Å². The van der Waals surface area contributed by atoms with Crippen LogP contribution in [0.1, 0.15) is 0 Å². The number of hydrogen-bond acceptors (Lipinski definition) is 6. The second-order valence-corrected chi connectivity index (χ2v) is 2.29. The highest BCUT2D eigenvalue weighted by atomic mass is 16.5.